The van der Waals surface area contributed by atoms with E-state index in [1.54, 1.807) is 17.0 Å². The van der Waals surface area contributed by atoms with E-state index in [0.29, 0.717) is 26.2 Å². The maximum absolute atomic E-state index is 13.2. The van der Waals surface area contributed by atoms with E-state index in [-0.39, 0.29) is 24.9 Å². The minimum atomic E-state index is -0.111. The highest BCUT2D eigenvalue weighted by molar-refractivity contribution is 5.88. The van der Waals surface area contributed by atoms with Crippen molar-refractivity contribution in [3.05, 3.63) is 59.3 Å². The summed E-state index contributed by atoms with van der Waals surface area (Å²) >= 11 is 0. The largest absolute Gasteiger partial charge is 0.376 e. The van der Waals surface area contributed by atoms with E-state index < -0.39 is 0 Å². The standard InChI is InChI=1S/C26H35N7O2/c1-5-27-10-11-32(18-26(35)31(4)33-16-20-8-6-7-9-21(20)17-33)25(34)15-28-23-13-22-14-29-30(3)24(22)12-19(23)2/h6-9,12-14,27-28H,5,10-11,15-18H2,1-4H3. The van der Waals surface area contributed by atoms with Crippen molar-refractivity contribution < 1.29 is 9.59 Å². The van der Waals surface area contributed by atoms with E-state index in [4.69, 9.17) is 0 Å². The van der Waals surface area contributed by atoms with Crippen LogP contribution >= 0.6 is 0 Å². The fraction of sp³-hybridized carbons (Fsp3) is 0.423. The Bertz CT molecular complexity index is 1180. The van der Waals surface area contributed by atoms with Crippen LogP contribution in [0.4, 0.5) is 5.69 Å². The molecule has 9 nitrogen and oxygen atoms in total. The highest BCUT2D eigenvalue weighted by Crippen LogP contribution is 2.24. The molecule has 0 radical (unpaired) electrons. The first-order valence-electron chi connectivity index (χ1n) is 12.1. The SMILES string of the molecule is CCNCCN(CC(=O)N(C)N1Cc2ccccc2C1)C(=O)CNc1cc2cnn(C)c2cc1C. The molecule has 0 bridgehead atoms. The van der Waals surface area contributed by atoms with Crippen LogP contribution in [0.25, 0.3) is 10.9 Å². The Morgan fingerprint density at radius 1 is 1.11 bits per heavy atom. The van der Waals surface area contributed by atoms with Crippen LogP contribution in [-0.4, -0.2) is 76.3 Å². The van der Waals surface area contributed by atoms with Crippen molar-refractivity contribution in [2.75, 3.05) is 45.1 Å². The van der Waals surface area contributed by atoms with Gasteiger partial charge in [0.15, 0.2) is 0 Å². The minimum Gasteiger partial charge on any atom is -0.376 e. The molecule has 0 unspecified atom stereocenters. The van der Waals surface area contributed by atoms with Crippen LogP contribution in [0.5, 0.6) is 0 Å². The van der Waals surface area contributed by atoms with Gasteiger partial charge in [-0.15, -0.1) is 0 Å². The van der Waals surface area contributed by atoms with Crippen LogP contribution in [0.1, 0.15) is 23.6 Å². The van der Waals surface area contributed by atoms with Gasteiger partial charge < -0.3 is 15.5 Å². The van der Waals surface area contributed by atoms with Gasteiger partial charge in [-0.3, -0.25) is 19.3 Å². The molecule has 0 saturated carbocycles. The lowest BCUT2D eigenvalue weighted by Crippen LogP contribution is -2.49. The maximum Gasteiger partial charge on any atom is 0.256 e. The summed E-state index contributed by atoms with van der Waals surface area (Å²) in [6.45, 7) is 7.49. The summed E-state index contributed by atoms with van der Waals surface area (Å²) in [6.07, 6.45) is 1.82. The van der Waals surface area contributed by atoms with Crippen LogP contribution in [0.3, 0.4) is 0 Å². The van der Waals surface area contributed by atoms with E-state index in [9.17, 15) is 9.59 Å². The molecule has 0 spiro atoms. The number of nitrogens with one attached hydrogen (secondary N) is 2. The summed E-state index contributed by atoms with van der Waals surface area (Å²) in [4.78, 5) is 28.0. The molecule has 0 saturated heterocycles. The Balaban J connectivity index is 1.39. The van der Waals surface area contributed by atoms with Crippen molar-refractivity contribution in [3.63, 3.8) is 0 Å². The van der Waals surface area contributed by atoms with Gasteiger partial charge in [0.25, 0.3) is 5.91 Å². The number of aryl methyl sites for hydroxylation is 2. The Hall–Kier alpha value is -3.43. The van der Waals surface area contributed by atoms with Gasteiger partial charge in [0.2, 0.25) is 5.91 Å². The monoisotopic (exact) mass is 477 g/mol. The molecular weight excluding hydrogens is 442 g/mol. The molecule has 1 aromatic heterocycles. The second kappa shape index (κ2) is 10.9. The third-order valence-electron chi connectivity index (χ3n) is 6.62. The molecule has 4 rings (SSSR count). The van der Waals surface area contributed by atoms with Crippen LogP contribution in [-0.2, 0) is 29.7 Å². The molecule has 186 valence electrons. The molecule has 1 aliphatic heterocycles. The van der Waals surface area contributed by atoms with E-state index in [1.165, 1.54) is 11.1 Å². The Kier molecular flexibility index (Phi) is 7.67. The molecule has 2 aromatic carbocycles. The summed E-state index contributed by atoms with van der Waals surface area (Å²) < 4.78 is 1.83. The van der Waals surface area contributed by atoms with E-state index in [1.807, 2.05) is 55.0 Å². The van der Waals surface area contributed by atoms with Crippen LogP contribution in [0.15, 0.2) is 42.6 Å². The third kappa shape index (κ3) is 5.63. The van der Waals surface area contributed by atoms with Crippen molar-refractivity contribution in [1.82, 2.24) is 30.0 Å². The van der Waals surface area contributed by atoms with Gasteiger partial charge in [0, 0.05) is 51.3 Å². The number of aromatic nitrogens is 2. The Morgan fingerprint density at radius 3 is 2.51 bits per heavy atom. The lowest BCUT2D eigenvalue weighted by Gasteiger charge is -2.31. The zero-order valence-electron chi connectivity index (χ0n) is 21.0. The number of hydrogen-bond acceptors (Lipinski definition) is 6. The number of carbonyl (C=O) groups is 2. The summed E-state index contributed by atoms with van der Waals surface area (Å²) in [5.74, 6) is -0.212. The van der Waals surface area contributed by atoms with E-state index in [0.717, 1.165) is 28.7 Å². The molecule has 2 amide bonds. The van der Waals surface area contributed by atoms with Crippen molar-refractivity contribution in [2.24, 2.45) is 7.05 Å². The van der Waals surface area contributed by atoms with E-state index >= 15 is 0 Å². The first kappa shape index (κ1) is 24.7. The predicted molar refractivity (Wildman–Crippen MR) is 138 cm³/mol. The number of amides is 2. The van der Waals surface area contributed by atoms with Crippen LogP contribution in [0, 0.1) is 6.92 Å². The van der Waals surface area contributed by atoms with E-state index in [2.05, 4.69) is 33.9 Å². The number of benzene rings is 2. The highest BCUT2D eigenvalue weighted by Gasteiger charge is 2.27. The van der Waals surface area contributed by atoms with Crippen molar-refractivity contribution in [1.29, 1.82) is 0 Å². The smallest absolute Gasteiger partial charge is 0.256 e. The Morgan fingerprint density at radius 2 is 1.83 bits per heavy atom. The number of anilines is 1. The molecule has 35 heavy (non-hydrogen) atoms. The molecule has 0 atom stereocenters. The van der Waals surface area contributed by atoms with Crippen molar-refractivity contribution in [2.45, 2.75) is 26.9 Å². The minimum absolute atomic E-state index is 0.0376. The number of fused-ring (bicyclic) bond motifs is 2. The van der Waals surface area contributed by atoms with Gasteiger partial charge in [0.05, 0.1) is 18.3 Å². The zero-order chi connectivity index (χ0) is 24.9. The lowest BCUT2D eigenvalue weighted by molar-refractivity contribution is -0.151. The maximum atomic E-state index is 13.2. The van der Waals surface area contributed by atoms with Gasteiger partial charge >= 0.3 is 0 Å². The second-order valence-corrected chi connectivity index (χ2v) is 9.03. The van der Waals surface area contributed by atoms with Gasteiger partial charge in [-0.05, 0) is 42.3 Å². The number of hydrazine groups is 1. The van der Waals surface area contributed by atoms with Gasteiger partial charge in [-0.1, -0.05) is 31.2 Å². The first-order valence-corrected chi connectivity index (χ1v) is 12.1. The predicted octanol–water partition coefficient (Wildman–Crippen LogP) is 2.12. The van der Waals surface area contributed by atoms with Crippen molar-refractivity contribution >= 4 is 28.4 Å². The lowest BCUT2D eigenvalue weighted by atomic mass is 10.1. The third-order valence-corrected chi connectivity index (χ3v) is 6.62. The molecule has 1 aliphatic rings. The highest BCUT2D eigenvalue weighted by atomic mass is 16.2. The normalized spacial score (nSPS) is 13.1. The summed E-state index contributed by atoms with van der Waals surface area (Å²) in [6, 6.07) is 12.3. The number of hydrogen-bond donors (Lipinski definition) is 2. The number of likely N-dealkylation sites (N-methyl/N-ethyl adjacent to an activating group) is 2. The fourth-order valence-corrected chi connectivity index (χ4v) is 4.41. The summed E-state index contributed by atoms with van der Waals surface area (Å²) in [7, 11) is 3.70. The summed E-state index contributed by atoms with van der Waals surface area (Å²) in [5.41, 5.74) is 5.44. The fourth-order valence-electron chi connectivity index (χ4n) is 4.41. The first-order chi connectivity index (χ1) is 16.9. The van der Waals surface area contributed by atoms with Crippen LogP contribution < -0.4 is 10.6 Å². The average molecular weight is 478 g/mol. The van der Waals surface area contributed by atoms with Crippen molar-refractivity contribution in [3.8, 4) is 0 Å². The molecule has 3 aromatic rings. The molecule has 2 N–H and O–H groups in total. The van der Waals surface area contributed by atoms with Gasteiger partial charge in [-0.25, -0.2) is 5.01 Å². The second-order valence-electron chi connectivity index (χ2n) is 9.03. The quantitative estimate of drug-likeness (QED) is 0.435. The number of carbonyl (C=O) groups excluding carboxylic acids is 2. The molecular formula is C26H35N7O2. The van der Waals surface area contributed by atoms with Gasteiger partial charge in [0.1, 0.15) is 6.54 Å². The molecule has 0 fully saturated rings. The van der Waals surface area contributed by atoms with Crippen LogP contribution in [0.2, 0.25) is 0 Å². The number of nitrogens with zero attached hydrogens (tertiary/aromatic N) is 5. The Labute approximate surface area is 206 Å². The zero-order valence-corrected chi connectivity index (χ0v) is 21.0. The molecule has 0 aliphatic carbocycles. The summed E-state index contributed by atoms with van der Waals surface area (Å²) in [5, 5.41) is 15.5. The van der Waals surface area contributed by atoms with Gasteiger partial charge in [-0.2, -0.15) is 5.10 Å². The topological polar surface area (TPSA) is 85.7 Å². The number of rotatable bonds is 10. The molecule has 2 heterocycles. The molecule has 9 heteroatoms. The average Bonchev–Trinajstić information content (AvgIpc) is 3.44.